The lowest BCUT2D eigenvalue weighted by atomic mass is 10.1. The van der Waals surface area contributed by atoms with Gasteiger partial charge < -0.3 is 15.2 Å². The Hall–Kier alpha value is -1.00. The zero-order chi connectivity index (χ0) is 18.4. The molecule has 0 unspecified atom stereocenters. The van der Waals surface area contributed by atoms with Crippen LogP contribution in [0.25, 0.3) is 0 Å². The van der Waals surface area contributed by atoms with Gasteiger partial charge in [0, 0.05) is 0 Å². The van der Waals surface area contributed by atoms with Gasteiger partial charge in [0.2, 0.25) is 0 Å². The molecule has 0 aromatic heterocycles. The summed E-state index contributed by atoms with van der Waals surface area (Å²) in [6, 6.07) is 12.5. The third-order valence-electron chi connectivity index (χ3n) is 4.26. The van der Waals surface area contributed by atoms with E-state index < -0.39 is 5.69 Å². The molecule has 0 amide bonds. The summed E-state index contributed by atoms with van der Waals surface area (Å²) in [5.41, 5.74) is 2.13. The first-order chi connectivity index (χ1) is 11.9. The van der Waals surface area contributed by atoms with Crippen molar-refractivity contribution < 1.29 is 9.05 Å². The quantitative estimate of drug-likeness (QED) is 0.374. The van der Waals surface area contributed by atoms with E-state index in [0.717, 1.165) is 48.3 Å². The lowest BCUT2D eigenvalue weighted by Gasteiger charge is -2.22. The van der Waals surface area contributed by atoms with Crippen molar-refractivity contribution in [3.05, 3.63) is 58.7 Å². The van der Waals surface area contributed by atoms with Gasteiger partial charge >= 0.3 is 5.69 Å². The molecule has 0 atom stereocenters. The van der Waals surface area contributed by atoms with Crippen LogP contribution in [0.5, 0.6) is 11.5 Å². The van der Waals surface area contributed by atoms with Gasteiger partial charge in [-0.3, -0.25) is 0 Å². The van der Waals surface area contributed by atoms with Crippen molar-refractivity contribution in [3.8, 4) is 11.5 Å². The van der Waals surface area contributed by atoms with Crippen LogP contribution in [0.2, 0.25) is 0 Å². The Morgan fingerprint density at radius 2 is 1.15 bits per heavy atom. The maximum atomic E-state index is 6.05. The molecular weight excluding hydrogens is 381 g/mol. The van der Waals surface area contributed by atoms with E-state index in [2.05, 4.69) is 64.2 Å². The van der Waals surface area contributed by atoms with E-state index in [1.807, 2.05) is 12.1 Å². The molecule has 2 aromatic rings. The molecule has 0 saturated heterocycles. The Morgan fingerprint density at radius 3 is 1.46 bits per heavy atom. The first-order valence-electron chi connectivity index (χ1n) is 8.87. The SMILES string of the molecule is CCc1ccc(OP(=S)(S)Oc2ccc(CC)cc2CC)c(CC)c1.N. The summed E-state index contributed by atoms with van der Waals surface area (Å²) < 4.78 is 12.1. The van der Waals surface area contributed by atoms with Crippen LogP contribution in [0, 0.1) is 0 Å². The second kappa shape index (κ2) is 10.4. The van der Waals surface area contributed by atoms with Crippen LogP contribution in [0.3, 0.4) is 0 Å². The van der Waals surface area contributed by atoms with Gasteiger partial charge in [-0.25, -0.2) is 0 Å². The summed E-state index contributed by atoms with van der Waals surface area (Å²) in [7, 11) is 0. The molecule has 144 valence electrons. The summed E-state index contributed by atoms with van der Waals surface area (Å²) in [5.74, 6) is 1.56. The topological polar surface area (TPSA) is 53.5 Å². The van der Waals surface area contributed by atoms with E-state index >= 15 is 0 Å². The van der Waals surface area contributed by atoms with Crippen molar-refractivity contribution in [2.45, 2.75) is 53.4 Å². The van der Waals surface area contributed by atoms with Gasteiger partial charge in [-0.2, -0.15) is 0 Å². The molecule has 0 aliphatic rings. The number of benzene rings is 2. The minimum absolute atomic E-state index is 0. The van der Waals surface area contributed by atoms with Gasteiger partial charge in [-0.05, 0) is 71.9 Å². The van der Waals surface area contributed by atoms with E-state index in [1.165, 1.54) is 11.1 Å². The van der Waals surface area contributed by atoms with Crippen molar-refractivity contribution in [2.75, 3.05) is 0 Å². The Kier molecular flexibility index (Phi) is 9.18. The molecule has 3 N–H and O–H groups in total. The molecule has 2 aromatic carbocycles. The zero-order valence-corrected chi connectivity index (χ0v) is 18.7. The van der Waals surface area contributed by atoms with E-state index in [9.17, 15) is 0 Å². The predicted octanol–water partition coefficient (Wildman–Crippen LogP) is 6.71. The Bertz CT molecular complexity index is 719. The number of hydrogen-bond acceptors (Lipinski definition) is 4. The molecule has 0 bridgehead atoms. The van der Waals surface area contributed by atoms with Gasteiger partial charge in [-0.15, -0.1) is 0 Å². The van der Waals surface area contributed by atoms with E-state index in [0.29, 0.717) is 0 Å². The van der Waals surface area contributed by atoms with E-state index in [4.69, 9.17) is 20.9 Å². The van der Waals surface area contributed by atoms with Crippen LogP contribution < -0.4 is 15.2 Å². The van der Waals surface area contributed by atoms with Crippen LogP contribution in [-0.4, -0.2) is 0 Å². The smallest absolute Gasteiger partial charge is 0.345 e. The number of rotatable bonds is 8. The van der Waals surface area contributed by atoms with Gasteiger partial charge in [-0.1, -0.05) is 64.2 Å². The lowest BCUT2D eigenvalue weighted by Crippen LogP contribution is -2.00. The Balaban J connectivity index is 0.00000338. The molecule has 0 saturated carbocycles. The van der Waals surface area contributed by atoms with Crippen molar-refractivity contribution in [1.29, 1.82) is 0 Å². The van der Waals surface area contributed by atoms with Gasteiger partial charge in [0.05, 0.1) is 0 Å². The molecule has 0 fully saturated rings. The largest absolute Gasteiger partial charge is 0.428 e. The summed E-state index contributed by atoms with van der Waals surface area (Å²) in [6.45, 7) is 8.52. The zero-order valence-electron chi connectivity index (χ0n) is 16.1. The van der Waals surface area contributed by atoms with Crippen molar-refractivity contribution in [3.63, 3.8) is 0 Å². The average Bonchev–Trinajstić information content (AvgIpc) is 2.61. The maximum absolute atomic E-state index is 6.05. The van der Waals surface area contributed by atoms with Crippen LogP contribution >= 0.6 is 17.9 Å². The molecule has 3 nitrogen and oxygen atoms in total. The third-order valence-corrected chi connectivity index (χ3v) is 6.05. The number of hydrogen-bond donors (Lipinski definition) is 2. The summed E-state index contributed by atoms with van der Waals surface area (Å²) >= 11 is 10.1. The van der Waals surface area contributed by atoms with E-state index in [1.54, 1.807) is 0 Å². The fourth-order valence-corrected chi connectivity index (χ4v) is 4.60. The Labute approximate surface area is 168 Å². The first-order valence-corrected chi connectivity index (χ1v) is 12.7. The molecule has 0 radical (unpaired) electrons. The van der Waals surface area contributed by atoms with E-state index in [-0.39, 0.29) is 6.15 Å². The molecule has 0 heterocycles. The van der Waals surface area contributed by atoms with Crippen molar-refractivity contribution in [2.24, 2.45) is 0 Å². The Morgan fingerprint density at radius 1 is 0.769 bits per heavy atom. The highest BCUT2D eigenvalue weighted by Crippen LogP contribution is 2.54. The molecular formula is C20H30NO2PS2. The molecule has 26 heavy (non-hydrogen) atoms. The second-order valence-electron chi connectivity index (χ2n) is 5.95. The fourth-order valence-electron chi connectivity index (χ4n) is 2.70. The molecule has 2 rings (SSSR count). The average molecular weight is 412 g/mol. The minimum atomic E-state index is -2.74. The van der Waals surface area contributed by atoms with Crippen LogP contribution in [0.15, 0.2) is 36.4 Å². The van der Waals surface area contributed by atoms with Crippen LogP contribution in [0.4, 0.5) is 0 Å². The van der Waals surface area contributed by atoms with Crippen molar-refractivity contribution >= 4 is 29.7 Å². The van der Waals surface area contributed by atoms with Gasteiger partial charge in [0.1, 0.15) is 11.5 Å². The highest BCUT2D eigenvalue weighted by atomic mass is 32.9. The molecule has 0 aliphatic carbocycles. The first kappa shape index (κ1) is 23.0. The monoisotopic (exact) mass is 411 g/mol. The summed E-state index contributed by atoms with van der Waals surface area (Å²) in [6.07, 6.45) is 3.78. The summed E-state index contributed by atoms with van der Waals surface area (Å²) in [5, 5.41) is 0. The minimum Gasteiger partial charge on any atom is -0.428 e. The standard InChI is InChI=1S/C20H27O2PS2.H3N/c1-5-15-9-11-19(17(7-3)13-15)21-23(24,25)22-20-12-10-16(6-2)14-18(20)8-4;/h9-14H,5-8H2,1-4H3,(H,24,25);1H3. The van der Waals surface area contributed by atoms with Crippen molar-refractivity contribution in [1.82, 2.24) is 6.15 Å². The highest BCUT2D eigenvalue weighted by Gasteiger charge is 2.20. The molecule has 0 aliphatic heterocycles. The van der Waals surface area contributed by atoms with Crippen LogP contribution in [0.1, 0.15) is 49.9 Å². The number of aryl methyl sites for hydroxylation is 4. The molecule has 0 spiro atoms. The maximum Gasteiger partial charge on any atom is 0.345 e. The normalized spacial score (nSPS) is 11.0. The highest BCUT2D eigenvalue weighted by molar-refractivity contribution is 8.60. The number of thiol groups is 1. The lowest BCUT2D eigenvalue weighted by molar-refractivity contribution is 0.500. The second-order valence-corrected chi connectivity index (χ2v) is 11.1. The van der Waals surface area contributed by atoms with Crippen LogP contribution in [-0.2, 0) is 37.5 Å². The van der Waals surface area contributed by atoms with Gasteiger partial charge in [0.25, 0.3) is 0 Å². The third kappa shape index (κ3) is 6.02. The van der Waals surface area contributed by atoms with Gasteiger partial charge in [0.15, 0.2) is 0 Å². The predicted molar refractivity (Wildman–Crippen MR) is 120 cm³/mol. The summed E-state index contributed by atoms with van der Waals surface area (Å²) in [4.78, 5) is 0. The fraction of sp³-hybridized carbons (Fsp3) is 0.400. The molecule has 6 heteroatoms.